The molecule has 0 unspecified atom stereocenters. The molecular weight excluding hydrogens is 254 g/mol. The van der Waals surface area contributed by atoms with Crippen LogP contribution in [0.15, 0.2) is 34.9 Å². The van der Waals surface area contributed by atoms with E-state index in [1.165, 1.54) is 0 Å². The first-order valence-corrected chi connectivity index (χ1v) is 5.47. The molecule has 4 heteroatoms. The summed E-state index contributed by atoms with van der Waals surface area (Å²) in [6.45, 7) is 0. The Morgan fingerprint density at radius 2 is 2.20 bits per heavy atom. The first kappa shape index (κ1) is 10.2. The standard InChI is InChI=1S/C11H12BrN3/c1-15-10(4-5-14-15)7-8-6-9(12)2-3-11(8)13/h2-6H,7,13H2,1H3. The molecule has 0 spiro atoms. The Morgan fingerprint density at radius 3 is 2.87 bits per heavy atom. The lowest BCUT2D eigenvalue weighted by atomic mass is 10.1. The van der Waals surface area contributed by atoms with Crippen LogP contribution in [0.1, 0.15) is 11.3 Å². The molecule has 0 atom stereocenters. The van der Waals surface area contributed by atoms with E-state index in [9.17, 15) is 0 Å². The zero-order chi connectivity index (χ0) is 10.8. The molecule has 2 rings (SSSR count). The lowest BCUT2D eigenvalue weighted by Gasteiger charge is -2.06. The summed E-state index contributed by atoms with van der Waals surface area (Å²) in [6, 6.07) is 7.90. The van der Waals surface area contributed by atoms with E-state index in [1.54, 1.807) is 6.20 Å². The van der Waals surface area contributed by atoms with Crippen LogP contribution < -0.4 is 5.73 Å². The highest BCUT2D eigenvalue weighted by atomic mass is 79.9. The molecule has 0 amide bonds. The molecule has 0 aliphatic rings. The maximum absolute atomic E-state index is 5.91. The monoisotopic (exact) mass is 265 g/mol. The molecule has 78 valence electrons. The van der Waals surface area contributed by atoms with E-state index in [0.717, 1.165) is 27.8 Å². The van der Waals surface area contributed by atoms with Crippen LogP contribution in [-0.4, -0.2) is 9.78 Å². The third-order valence-electron chi connectivity index (χ3n) is 2.40. The van der Waals surface area contributed by atoms with Crippen molar-refractivity contribution >= 4 is 21.6 Å². The van der Waals surface area contributed by atoms with Crippen molar-refractivity contribution in [2.75, 3.05) is 5.73 Å². The number of nitrogen functional groups attached to an aromatic ring is 1. The highest BCUT2D eigenvalue weighted by Gasteiger charge is 2.04. The highest BCUT2D eigenvalue weighted by Crippen LogP contribution is 2.20. The van der Waals surface area contributed by atoms with E-state index in [1.807, 2.05) is 36.0 Å². The number of benzene rings is 1. The minimum atomic E-state index is 0.807. The van der Waals surface area contributed by atoms with Crippen molar-refractivity contribution in [3.63, 3.8) is 0 Å². The van der Waals surface area contributed by atoms with Gasteiger partial charge in [-0.15, -0.1) is 0 Å². The average molecular weight is 266 g/mol. The molecule has 0 fully saturated rings. The van der Waals surface area contributed by atoms with Gasteiger partial charge in [-0.3, -0.25) is 4.68 Å². The molecule has 1 aromatic heterocycles. The molecule has 0 aliphatic carbocycles. The first-order valence-electron chi connectivity index (χ1n) is 4.67. The summed E-state index contributed by atoms with van der Waals surface area (Å²) >= 11 is 3.44. The summed E-state index contributed by atoms with van der Waals surface area (Å²) in [7, 11) is 1.93. The van der Waals surface area contributed by atoms with Gasteiger partial charge in [0.2, 0.25) is 0 Å². The summed E-state index contributed by atoms with van der Waals surface area (Å²) in [6.07, 6.45) is 2.60. The van der Waals surface area contributed by atoms with Gasteiger partial charge in [0.15, 0.2) is 0 Å². The summed E-state index contributed by atoms with van der Waals surface area (Å²) in [5.41, 5.74) is 9.00. The highest BCUT2D eigenvalue weighted by molar-refractivity contribution is 9.10. The van der Waals surface area contributed by atoms with Gasteiger partial charge in [-0.1, -0.05) is 15.9 Å². The lowest BCUT2D eigenvalue weighted by Crippen LogP contribution is -2.01. The van der Waals surface area contributed by atoms with Crippen LogP contribution in [0.5, 0.6) is 0 Å². The average Bonchev–Trinajstić information content (AvgIpc) is 2.58. The maximum atomic E-state index is 5.91. The van der Waals surface area contributed by atoms with Crippen molar-refractivity contribution in [3.05, 3.63) is 46.2 Å². The predicted molar refractivity (Wildman–Crippen MR) is 64.6 cm³/mol. The molecule has 0 saturated carbocycles. The predicted octanol–water partition coefficient (Wildman–Crippen LogP) is 2.36. The van der Waals surface area contributed by atoms with Crippen LogP contribution in [0.2, 0.25) is 0 Å². The zero-order valence-electron chi connectivity index (χ0n) is 8.44. The van der Waals surface area contributed by atoms with Crippen molar-refractivity contribution in [1.29, 1.82) is 0 Å². The SMILES string of the molecule is Cn1nccc1Cc1cc(Br)ccc1N. The molecular formula is C11H12BrN3. The molecule has 3 nitrogen and oxygen atoms in total. The maximum Gasteiger partial charge on any atom is 0.0492 e. The van der Waals surface area contributed by atoms with E-state index < -0.39 is 0 Å². The lowest BCUT2D eigenvalue weighted by molar-refractivity contribution is 0.724. The molecule has 0 aliphatic heterocycles. The molecule has 0 saturated heterocycles. The zero-order valence-corrected chi connectivity index (χ0v) is 10.0. The van der Waals surface area contributed by atoms with E-state index in [2.05, 4.69) is 21.0 Å². The fourth-order valence-corrected chi connectivity index (χ4v) is 1.91. The Labute approximate surface area is 97.0 Å². The van der Waals surface area contributed by atoms with E-state index in [4.69, 9.17) is 5.73 Å². The quantitative estimate of drug-likeness (QED) is 0.848. The number of anilines is 1. The van der Waals surface area contributed by atoms with Gasteiger partial charge < -0.3 is 5.73 Å². The van der Waals surface area contributed by atoms with E-state index >= 15 is 0 Å². The summed E-state index contributed by atoms with van der Waals surface area (Å²) < 4.78 is 2.91. The van der Waals surface area contributed by atoms with E-state index in [0.29, 0.717) is 0 Å². The van der Waals surface area contributed by atoms with Crippen LogP contribution in [-0.2, 0) is 13.5 Å². The minimum Gasteiger partial charge on any atom is -0.398 e. The Balaban J connectivity index is 2.32. The van der Waals surface area contributed by atoms with Gasteiger partial charge in [0.1, 0.15) is 0 Å². The number of nitrogens with two attached hydrogens (primary N) is 1. The third-order valence-corrected chi connectivity index (χ3v) is 2.89. The van der Waals surface area contributed by atoms with Gasteiger partial charge in [-0.2, -0.15) is 5.10 Å². The second-order valence-corrected chi connectivity index (χ2v) is 4.38. The molecule has 1 aromatic carbocycles. The number of nitrogens with zero attached hydrogens (tertiary/aromatic N) is 2. The van der Waals surface area contributed by atoms with Gasteiger partial charge in [0.25, 0.3) is 0 Å². The number of aromatic nitrogens is 2. The summed E-state index contributed by atoms with van der Waals surface area (Å²) in [4.78, 5) is 0. The smallest absolute Gasteiger partial charge is 0.0492 e. The fraction of sp³-hybridized carbons (Fsp3) is 0.182. The Bertz CT molecular complexity index is 476. The summed E-state index contributed by atoms with van der Waals surface area (Å²) in [5, 5.41) is 4.13. The second-order valence-electron chi connectivity index (χ2n) is 3.47. The van der Waals surface area contributed by atoms with Crippen molar-refractivity contribution < 1.29 is 0 Å². The van der Waals surface area contributed by atoms with Crippen LogP contribution in [0.25, 0.3) is 0 Å². The van der Waals surface area contributed by atoms with Gasteiger partial charge in [0.05, 0.1) is 0 Å². The largest absolute Gasteiger partial charge is 0.398 e. The number of rotatable bonds is 2. The molecule has 0 radical (unpaired) electrons. The Morgan fingerprint density at radius 1 is 1.40 bits per heavy atom. The molecule has 2 N–H and O–H groups in total. The Kier molecular flexibility index (Phi) is 2.77. The van der Waals surface area contributed by atoms with E-state index in [-0.39, 0.29) is 0 Å². The number of hydrogen-bond donors (Lipinski definition) is 1. The van der Waals surface area contributed by atoms with Gasteiger partial charge in [-0.05, 0) is 29.8 Å². The van der Waals surface area contributed by atoms with Gasteiger partial charge >= 0.3 is 0 Å². The number of hydrogen-bond acceptors (Lipinski definition) is 2. The fourth-order valence-electron chi connectivity index (χ4n) is 1.50. The number of halogens is 1. The van der Waals surface area contributed by atoms with Gasteiger partial charge in [0, 0.05) is 35.5 Å². The van der Waals surface area contributed by atoms with Crippen molar-refractivity contribution in [2.24, 2.45) is 7.05 Å². The van der Waals surface area contributed by atoms with Crippen molar-refractivity contribution in [1.82, 2.24) is 9.78 Å². The molecule has 15 heavy (non-hydrogen) atoms. The molecule has 0 bridgehead atoms. The van der Waals surface area contributed by atoms with Gasteiger partial charge in [-0.25, -0.2) is 0 Å². The number of aryl methyl sites for hydroxylation is 1. The minimum absolute atomic E-state index is 0.807. The van der Waals surface area contributed by atoms with Crippen LogP contribution >= 0.6 is 15.9 Å². The van der Waals surface area contributed by atoms with Crippen LogP contribution in [0.4, 0.5) is 5.69 Å². The second kappa shape index (κ2) is 4.06. The van der Waals surface area contributed by atoms with Crippen LogP contribution in [0.3, 0.4) is 0 Å². The third kappa shape index (κ3) is 2.21. The normalized spacial score (nSPS) is 10.5. The first-order chi connectivity index (χ1) is 7.16. The summed E-state index contributed by atoms with van der Waals surface area (Å²) in [5.74, 6) is 0. The molecule has 2 aromatic rings. The van der Waals surface area contributed by atoms with Crippen molar-refractivity contribution in [2.45, 2.75) is 6.42 Å². The molecule has 1 heterocycles. The topological polar surface area (TPSA) is 43.8 Å². The van der Waals surface area contributed by atoms with Crippen molar-refractivity contribution in [3.8, 4) is 0 Å². The Hall–Kier alpha value is -1.29. The van der Waals surface area contributed by atoms with Crippen LogP contribution in [0, 0.1) is 0 Å².